The van der Waals surface area contributed by atoms with Crippen LogP contribution in [0.25, 0.3) is 11.0 Å². The summed E-state index contributed by atoms with van der Waals surface area (Å²) in [5, 5.41) is 15.5. The fourth-order valence-corrected chi connectivity index (χ4v) is 5.17. The number of carbonyl (C=O) groups is 2. The molecule has 0 bridgehead atoms. The van der Waals surface area contributed by atoms with Gasteiger partial charge in [0.1, 0.15) is 12.3 Å². The molecule has 3 aromatic rings. The number of likely N-dealkylation sites (tertiary alicyclic amines) is 1. The first-order valence-electron chi connectivity index (χ1n) is 12.4. The first-order chi connectivity index (χ1) is 18.5. The van der Waals surface area contributed by atoms with Gasteiger partial charge in [-0.15, -0.1) is 0 Å². The summed E-state index contributed by atoms with van der Waals surface area (Å²) in [6.45, 7) is 0.473. The predicted molar refractivity (Wildman–Crippen MR) is 148 cm³/mol. The predicted octanol–water partition coefficient (Wildman–Crippen LogP) is 4.14. The Morgan fingerprint density at radius 1 is 1.23 bits per heavy atom. The maximum atomic E-state index is 13.4. The molecule has 1 aliphatic rings. The van der Waals surface area contributed by atoms with Crippen molar-refractivity contribution >= 4 is 56.8 Å². The SMILES string of the molecule is CCc1nc2c(cc1Nc1cccc(I)c1)c(OCC(F)(F)F)c(C(=O)NC1CCN(C(=O)CO)CC1)n2C. The lowest BCUT2D eigenvalue weighted by Gasteiger charge is -2.32. The van der Waals surface area contributed by atoms with Crippen molar-refractivity contribution in [3.8, 4) is 5.75 Å². The summed E-state index contributed by atoms with van der Waals surface area (Å²) in [6.07, 6.45) is -3.18. The van der Waals surface area contributed by atoms with Gasteiger partial charge in [-0.2, -0.15) is 13.2 Å². The smallest absolute Gasteiger partial charge is 0.422 e. The van der Waals surface area contributed by atoms with Gasteiger partial charge in [-0.05, 0) is 66.1 Å². The van der Waals surface area contributed by atoms with Crippen molar-refractivity contribution in [3.05, 3.63) is 45.3 Å². The Morgan fingerprint density at radius 3 is 2.56 bits per heavy atom. The number of anilines is 2. The normalized spacial score (nSPS) is 14.5. The largest absolute Gasteiger partial charge is 0.481 e. The van der Waals surface area contributed by atoms with Gasteiger partial charge in [-0.25, -0.2) is 4.98 Å². The first kappa shape index (κ1) is 28.9. The molecule has 0 atom stereocenters. The van der Waals surface area contributed by atoms with Crippen LogP contribution in [0.15, 0.2) is 30.3 Å². The third-order valence-corrected chi connectivity index (χ3v) is 7.22. The number of aliphatic hydroxyl groups excluding tert-OH is 1. The van der Waals surface area contributed by atoms with Crippen LogP contribution in [-0.2, 0) is 18.3 Å². The van der Waals surface area contributed by atoms with Crippen LogP contribution in [0.4, 0.5) is 24.5 Å². The van der Waals surface area contributed by atoms with E-state index in [1.54, 1.807) is 13.1 Å². The average molecular weight is 659 g/mol. The Morgan fingerprint density at radius 2 is 1.95 bits per heavy atom. The molecule has 13 heteroatoms. The van der Waals surface area contributed by atoms with Crippen LogP contribution in [-0.4, -0.2) is 69.9 Å². The van der Waals surface area contributed by atoms with E-state index in [2.05, 4.69) is 33.2 Å². The number of aliphatic hydroxyl groups is 1. The topological polar surface area (TPSA) is 109 Å². The number of pyridine rings is 1. The number of carbonyl (C=O) groups excluding carboxylic acids is 2. The second-order valence-corrected chi connectivity index (χ2v) is 10.5. The van der Waals surface area contributed by atoms with E-state index >= 15 is 0 Å². The van der Waals surface area contributed by atoms with Crippen LogP contribution >= 0.6 is 22.6 Å². The van der Waals surface area contributed by atoms with Gasteiger partial charge < -0.3 is 29.9 Å². The molecule has 2 amide bonds. The molecule has 0 saturated carbocycles. The minimum Gasteiger partial charge on any atom is -0.481 e. The Bertz CT molecular complexity index is 1370. The number of amides is 2. The van der Waals surface area contributed by atoms with Crippen molar-refractivity contribution in [1.82, 2.24) is 19.8 Å². The number of alkyl halides is 3. The number of ether oxygens (including phenoxy) is 1. The minimum absolute atomic E-state index is 0.0657. The molecule has 3 heterocycles. The molecule has 3 N–H and O–H groups in total. The van der Waals surface area contributed by atoms with Crippen LogP contribution in [0.5, 0.6) is 5.75 Å². The summed E-state index contributed by atoms with van der Waals surface area (Å²) in [4.78, 5) is 31.4. The number of piperidine rings is 1. The Labute approximate surface area is 236 Å². The van der Waals surface area contributed by atoms with Gasteiger partial charge in [0.25, 0.3) is 5.91 Å². The average Bonchev–Trinajstić information content (AvgIpc) is 3.17. The van der Waals surface area contributed by atoms with Crippen molar-refractivity contribution in [1.29, 1.82) is 0 Å². The summed E-state index contributed by atoms with van der Waals surface area (Å²) in [6, 6.07) is 8.99. The monoisotopic (exact) mass is 659 g/mol. The second-order valence-electron chi connectivity index (χ2n) is 9.27. The van der Waals surface area contributed by atoms with Crippen molar-refractivity contribution in [3.63, 3.8) is 0 Å². The maximum Gasteiger partial charge on any atom is 0.422 e. The number of fused-ring (bicyclic) bond motifs is 1. The Hall–Kier alpha value is -3.07. The third kappa shape index (κ3) is 6.75. The van der Waals surface area contributed by atoms with Crippen LogP contribution in [0.1, 0.15) is 35.9 Å². The molecule has 210 valence electrons. The van der Waals surface area contributed by atoms with E-state index in [1.807, 2.05) is 31.2 Å². The van der Waals surface area contributed by atoms with Crippen molar-refractivity contribution in [2.24, 2.45) is 7.05 Å². The molecule has 39 heavy (non-hydrogen) atoms. The number of hydrogen-bond donors (Lipinski definition) is 3. The highest BCUT2D eigenvalue weighted by Crippen LogP contribution is 2.37. The first-order valence-corrected chi connectivity index (χ1v) is 13.5. The zero-order chi connectivity index (χ0) is 28.3. The van der Waals surface area contributed by atoms with Crippen molar-refractivity contribution in [2.45, 2.75) is 38.4 Å². The Balaban J connectivity index is 1.70. The maximum absolute atomic E-state index is 13.4. The Kier molecular flexibility index (Phi) is 8.89. The summed E-state index contributed by atoms with van der Waals surface area (Å²) in [7, 11) is 1.57. The van der Waals surface area contributed by atoms with Crippen molar-refractivity contribution in [2.75, 3.05) is 31.6 Å². The molecule has 2 aromatic heterocycles. The lowest BCUT2D eigenvalue weighted by Crippen LogP contribution is -2.47. The summed E-state index contributed by atoms with van der Waals surface area (Å²) in [5.74, 6) is -1.18. The molecule has 0 aliphatic carbocycles. The molecule has 0 unspecified atom stereocenters. The zero-order valence-corrected chi connectivity index (χ0v) is 23.6. The van der Waals surface area contributed by atoms with Gasteiger partial charge in [0.05, 0.1) is 16.8 Å². The molecule has 0 spiro atoms. The third-order valence-electron chi connectivity index (χ3n) is 6.55. The molecule has 4 rings (SSSR count). The van der Waals surface area contributed by atoms with Gasteiger partial charge in [0.2, 0.25) is 5.91 Å². The molecular weight excluding hydrogens is 630 g/mol. The van der Waals surface area contributed by atoms with Gasteiger partial charge in [-0.1, -0.05) is 13.0 Å². The number of rotatable bonds is 8. The fraction of sp³-hybridized carbons (Fsp3) is 0.423. The fourth-order valence-electron chi connectivity index (χ4n) is 4.63. The molecule has 1 saturated heterocycles. The van der Waals surface area contributed by atoms with E-state index in [0.29, 0.717) is 49.4 Å². The highest BCUT2D eigenvalue weighted by Gasteiger charge is 2.33. The number of aryl methyl sites for hydroxylation is 2. The van der Waals surface area contributed by atoms with E-state index < -0.39 is 25.3 Å². The number of aromatic nitrogens is 2. The quantitative estimate of drug-likeness (QED) is 0.314. The zero-order valence-electron chi connectivity index (χ0n) is 21.4. The summed E-state index contributed by atoms with van der Waals surface area (Å²) in [5.41, 5.74) is 2.32. The number of hydrogen-bond acceptors (Lipinski definition) is 6. The van der Waals surface area contributed by atoms with Gasteiger partial charge in [0.15, 0.2) is 18.1 Å². The standard InChI is InChI=1S/C26H29F3IN5O4/c1-3-19-20(31-17-6-4-5-15(30)11-17)12-18-23(39-14-26(27,28)29)22(34(2)24(18)33-19)25(38)32-16-7-9-35(10-8-16)21(37)13-36/h4-6,11-12,16,31,36H,3,7-10,13-14H2,1-2H3,(H,32,38). The number of halogens is 4. The molecule has 1 aromatic carbocycles. The number of benzene rings is 1. The molecule has 1 aliphatic heterocycles. The second kappa shape index (κ2) is 12.0. The van der Waals surface area contributed by atoms with Crippen LogP contribution < -0.4 is 15.4 Å². The van der Waals surface area contributed by atoms with E-state index in [-0.39, 0.29) is 28.8 Å². The van der Waals surface area contributed by atoms with Crippen LogP contribution in [0.2, 0.25) is 0 Å². The van der Waals surface area contributed by atoms with Gasteiger partial charge in [-0.3, -0.25) is 9.59 Å². The minimum atomic E-state index is -4.61. The molecule has 9 nitrogen and oxygen atoms in total. The highest BCUT2D eigenvalue weighted by atomic mass is 127. The van der Waals surface area contributed by atoms with Crippen LogP contribution in [0.3, 0.4) is 0 Å². The highest BCUT2D eigenvalue weighted by molar-refractivity contribution is 14.1. The van der Waals surface area contributed by atoms with E-state index in [4.69, 9.17) is 14.8 Å². The molecule has 1 fully saturated rings. The van der Waals surface area contributed by atoms with Gasteiger partial charge >= 0.3 is 6.18 Å². The lowest BCUT2D eigenvalue weighted by molar-refractivity contribution is -0.153. The van der Waals surface area contributed by atoms with Gasteiger partial charge in [0, 0.05) is 35.4 Å². The number of nitrogens with zero attached hydrogens (tertiary/aromatic N) is 3. The summed E-state index contributed by atoms with van der Waals surface area (Å²) >= 11 is 2.19. The molecule has 0 radical (unpaired) electrons. The van der Waals surface area contributed by atoms with E-state index in [9.17, 15) is 22.8 Å². The lowest BCUT2D eigenvalue weighted by atomic mass is 10.0. The van der Waals surface area contributed by atoms with E-state index in [0.717, 1.165) is 9.26 Å². The number of nitrogens with one attached hydrogen (secondary N) is 2. The van der Waals surface area contributed by atoms with E-state index in [1.165, 1.54) is 9.47 Å². The van der Waals surface area contributed by atoms with Crippen LogP contribution in [0, 0.1) is 3.57 Å². The summed E-state index contributed by atoms with van der Waals surface area (Å²) < 4.78 is 47.3. The molecular formula is C26H29F3IN5O4. The van der Waals surface area contributed by atoms with Crippen molar-refractivity contribution < 1.29 is 32.6 Å².